The normalized spacial score (nSPS) is 34.2. The Morgan fingerprint density at radius 3 is 2.01 bits per heavy atom. The van der Waals surface area contributed by atoms with Crippen molar-refractivity contribution in [2.45, 2.75) is 231 Å². The minimum absolute atomic E-state index is 0.0234. The van der Waals surface area contributed by atoms with Crippen LogP contribution in [-0.4, -0.2) is 198 Å². The fourth-order valence-electron chi connectivity index (χ4n) is 10.7. The van der Waals surface area contributed by atoms with E-state index in [0.717, 1.165) is 6.92 Å². The number of likely N-dealkylation sites (N-methyl/N-ethyl adjacent to an activating group) is 1. The maximum Gasteiger partial charge on any atom is 0.307 e. The molecule has 0 saturated carbocycles. The first-order valence-corrected chi connectivity index (χ1v) is 26.4. The predicted molar refractivity (Wildman–Crippen MR) is 268 cm³/mol. The van der Waals surface area contributed by atoms with Crippen LogP contribution in [0.3, 0.4) is 0 Å². The van der Waals surface area contributed by atoms with E-state index in [0.29, 0.717) is 25.5 Å². The van der Waals surface area contributed by atoms with E-state index in [1.54, 1.807) is 66.6 Å². The van der Waals surface area contributed by atoms with Gasteiger partial charge in [-0.1, -0.05) is 41.5 Å². The average molecular weight is 1060 g/mol. The monoisotopic (exact) mass is 1060 g/mol. The number of esters is 2. The SMILES string of the molecule is CC[C@@H](O)[C@@H](CO[C@@H]1O[C@H](C)[C@@H](O)[C@@H](OC)[C@H]1OC)C[C@H](C)C/C=C(/O)[C@H](C)C[C@H](CC=O)[C@H](O[C@@H]1O[C@H](C)[C@@H](O[C@H]2C[C@@](C)(O)[C@@H](OC(=O)CC(C)C)[C@H](C)O2)[C@H](N(C)C)[C@H]1O)[C@@H](C)[C@@H](CC(=O)O)OC(C)=O. The molecule has 3 heterocycles. The Morgan fingerprint density at radius 1 is 0.838 bits per heavy atom. The maximum atomic E-state index is 12.6. The molecule has 0 bridgehead atoms. The molecule has 430 valence electrons. The van der Waals surface area contributed by atoms with Gasteiger partial charge in [0.1, 0.15) is 48.5 Å². The van der Waals surface area contributed by atoms with Crippen LogP contribution in [0.25, 0.3) is 0 Å². The predicted octanol–water partition coefficient (Wildman–Crippen LogP) is 4.31. The number of allylic oxidation sites excluding steroid dienone is 2. The van der Waals surface area contributed by atoms with Gasteiger partial charge < -0.3 is 87.7 Å². The molecule has 0 aliphatic carbocycles. The van der Waals surface area contributed by atoms with Crippen LogP contribution in [0.2, 0.25) is 0 Å². The van der Waals surface area contributed by atoms with Crippen molar-refractivity contribution in [1.82, 2.24) is 4.90 Å². The van der Waals surface area contributed by atoms with Crippen molar-refractivity contribution in [3.8, 4) is 0 Å². The van der Waals surface area contributed by atoms with E-state index in [1.807, 2.05) is 27.7 Å². The molecule has 0 aromatic rings. The molecule has 0 spiro atoms. The Hall–Kier alpha value is -2.90. The smallest absolute Gasteiger partial charge is 0.307 e. The number of rotatable bonds is 30. The fourth-order valence-corrected chi connectivity index (χ4v) is 10.7. The lowest BCUT2D eigenvalue weighted by atomic mass is 9.80. The summed E-state index contributed by atoms with van der Waals surface area (Å²) < 4.78 is 60.2. The molecule has 0 aromatic carbocycles. The van der Waals surface area contributed by atoms with E-state index in [2.05, 4.69) is 0 Å². The summed E-state index contributed by atoms with van der Waals surface area (Å²) in [5.74, 6) is -4.96. The van der Waals surface area contributed by atoms with Crippen molar-refractivity contribution < 1.29 is 97.2 Å². The zero-order chi connectivity index (χ0) is 55.9. The average Bonchev–Trinajstić information content (AvgIpc) is 3.30. The van der Waals surface area contributed by atoms with Gasteiger partial charge in [-0.05, 0) is 91.3 Å². The number of aliphatic carboxylic acids is 1. The molecular formula is C53H93NO20. The van der Waals surface area contributed by atoms with Crippen LogP contribution in [-0.2, 0) is 66.5 Å². The number of carbonyl (C=O) groups is 4. The van der Waals surface area contributed by atoms with Gasteiger partial charge >= 0.3 is 17.9 Å². The van der Waals surface area contributed by atoms with Gasteiger partial charge in [0.25, 0.3) is 0 Å². The molecule has 0 unspecified atom stereocenters. The Balaban J connectivity index is 1.86. The van der Waals surface area contributed by atoms with Gasteiger partial charge in [-0.25, -0.2) is 0 Å². The number of nitrogens with zero attached hydrogens (tertiary/aromatic N) is 1. The molecule has 21 heteroatoms. The van der Waals surface area contributed by atoms with E-state index in [-0.39, 0.29) is 55.8 Å². The van der Waals surface area contributed by atoms with Crippen molar-refractivity contribution in [3.63, 3.8) is 0 Å². The maximum absolute atomic E-state index is 12.6. The van der Waals surface area contributed by atoms with Crippen molar-refractivity contribution >= 4 is 24.2 Å². The summed E-state index contributed by atoms with van der Waals surface area (Å²) in [6, 6.07) is -0.820. The molecule has 3 aliphatic rings. The second-order valence-electron chi connectivity index (χ2n) is 22.0. The summed E-state index contributed by atoms with van der Waals surface area (Å²) in [7, 11) is 6.41. The second-order valence-corrected chi connectivity index (χ2v) is 22.0. The lowest BCUT2D eigenvalue weighted by molar-refractivity contribution is -0.342. The molecule has 0 aromatic heterocycles. The van der Waals surface area contributed by atoms with E-state index < -0.39 is 146 Å². The van der Waals surface area contributed by atoms with Gasteiger partial charge in [0.15, 0.2) is 25.0 Å². The van der Waals surface area contributed by atoms with Gasteiger partial charge in [-0.15, -0.1) is 0 Å². The topological polar surface area (TPSA) is 285 Å². The Bertz CT molecular complexity index is 1730. The van der Waals surface area contributed by atoms with Gasteiger partial charge in [0.2, 0.25) is 0 Å². The Kier molecular flexibility index (Phi) is 26.8. The molecule has 0 amide bonds. The molecule has 3 aliphatic heterocycles. The molecular weight excluding hydrogens is 971 g/mol. The number of hydrogen-bond acceptors (Lipinski definition) is 20. The number of methoxy groups -OCH3 is 2. The Labute approximate surface area is 438 Å². The number of carbonyl (C=O) groups excluding carboxylic acids is 3. The van der Waals surface area contributed by atoms with Crippen LogP contribution in [0.1, 0.15) is 128 Å². The van der Waals surface area contributed by atoms with Gasteiger partial charge in [0.05, 0.1) is 55.3 Å². The number of aldehydes is 1. The third-order valence-electron chi connectivity index (χ3n) is 14.8. The number of carboxylic acid groups (broad SMARTS) is 1. The van der Waals surface area contributed by atoms with Gasteiger partial charge in [-0.2, -0.15) is 0 Å². The first-order chi connectivity index (χ1) is 34.6. The highest BCUT2D eigenvalue weighted by atomic mass is 16.7. The summed E-state index contributed by atoms with van der Waals surface area (Å²) in [5.41, 5.74) is -1.53. The minimum Gasteiger partial charge on any atom is -0.512 e. The molecule has 6 N–H and O–H groups in total. The summed E-state index contributed by atoms with van der Waals surface area (Å²) in [6.45, 7) is 19.0. The number of aliphatic hydroxyl groups excluding tert-OH is 4. The van der Waals surface area contributed by atoms with Crippen LogP contribution in [0.15, 0.2) is 11.8 Å². The molecule has 3 fully saturated rings. The largest absolute Gasteiger partial charge is 0.512 e. The number of aliphatic hydroxyl groups is 5. The van der Waals surface area contributed by atoms with E-state index in [1.165, 1.54) is 14.2 Å². The summed E-state index contributed by atoms with van der Waals surface area (Å²) >= 11 is 0. The van der Waals surface area contributed by atoms with E-state index in [9.17, 15) is 49.8 Å². The number of carboxylic acids is 1. The quantitative estimate of drug-likeness (QED) is 0.0332. The van der Waals surface area contributed by atoms with Crippen molar-refractivity contribution in [1.29, 1.82) is 0 Å². The molecule has 3 rings (SSSR count). The molecule has 21 nitrogen and oxygen atoms in total. The zero-order valence-electron chi connectivity index (χ0n) is 46.6. The standard InChI is InChI=1S/C53H93NO20/c1-16-37(57)36(26-67-52-49(66-15)48(65-14)44(62)31(7)69-52)22-28(4)17-18-38(58)29(5)23-35(19-20-55)46(30(6)39(24-40(59)60)71-34(10)56)74-51-45(63)43(54(12)13)47(32(8)70-51)73-42-25-53(11,64)50(33(9)68-42)72-41(61)21-27(2)3/h18,20,27-33,35-37,39,42-52,57-58,62-64H,16-17,19,21-26H2,1-15H3,(H,59,60)/b38-18+/t28-,29-,30+,31-,32-,33+,35+,36-,37-,39-,42+,43-,44-,45-,46-,47-,48-,49-,50+,51+,52-,53-/m1/s1. The molecule has 3 saturated heterocycles. The summed E-state index contributed by atoms with van der Waals surface area (Å²) in [5, 5.41) is 66.8. The summed E-state index contributed by atoms with van der Waals surface area (Å²) in [4.78, 5) is 51.4. The third-order valence-corrected chi connectivity index (χ3v) is 14.8. The highest BCUT2D eigenvalue weighted by Crippen LogP contribution is 2.39. The lowest BCUT2D eigenvalue weighted by Gasteiger charge is -2.50. The van der Waals surface area contributed by atoms with Crippen LogP contribution in [0.4, 0.5) is 0 Å². The first-order valence-electron chi connectivity index (χ1n) is 26.4. The Morgan fingerprint density at radius 2 is 1.47 bits per heavy atom. The van der Waals surface area contributed by atoms with Crippen LogP contribution >= 0.6 is 0 Å². The van der Waals surface area contributed by atoms with Crippen LogP contribution in [0, 0.1) is 35.5 Å². The van der Waals surface area contributed by atoms with Crippen molar-refractivity contribution in [2.75, 3.05) is 34.9 Å². The van der Waals surface area contributed by atoms with E-state index in [4.69, 9.17) is 47.4 Å². The van der Waals surface area contributed by atoms with Crippen molar-refractivity contribution in [2.24, 2.45) is 35.5 Å². The lowest BCUT2D eigenvalue weighted by Crippen LogP contribution is -2.65. The molecule has 22 atom stereocenters. The van der Waals surface area contributed by atoms with Gasteiger partial charge in [0, 0.05) is 58.2 Å². The van der Waals surface area contributed by atoms with Crippen LogP contribution in [0.5, 0.6) is 0 Å². The third kappa shape index (κ3) is 18.6. The highest BCUT2D eigenvalue weighted by molar-refractivity contribution is 5.70. The fraction of sp³-hybridized carbons (Fsp3) is 0.887. The zero-order valence-corrected chi connectivity index (χ0v) is 46.6. The summed E-state index contributed by atoms with van der Waals surface area (Å²) in [6.07, 6.45) is -10.8. The van der Waals surface area contributed by atoms with Crippen LogP contribution < -0.4 is 0 Å². The van der Waals surface area contributed by atoms with E-state index >= 15 is 0 Å². The minimum atomic E-state index is -1.53. The number of hydrogen-bond donors (Lipinski definition) is 6. The second kappa shape index (κ2) is 30.3. The first kappa shape index (κ1) is 65.4. The molecule has 74 heavy (non-hydrogen) atoms. The number of ether oxygens (including phenoxy) is 10. The van der Waals surface area contributed by atoms with Gasteiger partial charge in [-0.3, -0.25) is 14.4 Å². The highest BCUT2D eigenvalue weighted by Gasteiger charge is 2.53. The molecule has 0 radical (unpaired) electrons. The van der Waals surface area contributed by atoms with Crippen molar-refractivity contribution in [3.05, 3.63) is 11.8 Å².